The van der Waals surface area contributed by atoms with Crippen LogP contribution in [0.4, 0.5) is 0 Å². The van der Waals surface area contributed by atoms with E-state index in [2.05, 4.69) is 15.4 Å². The molecule has 2 fully saturated rings. The number of rotatable bonds is 7. The van der Waals surface area contributed by atoms with E-state index in [1.807, 2.05) is 24.0 Å². The van der Waals surface area contributed by atoms with Crippen LogP contribution in [0, 0.1) is 0 Å². The fraction of sp³-hybridized carbons (Fsp3) is 0.625. The highest BCUT2D eigenvalue weighted by Gasteiger charge is 2.31. The first kappa shape index (κ1) is 14.7. The van der Waals surface area contributed by atoms with E-state index in [0.717, 1.165) is 23.9 Å². The Balaban J connectivity index is 1.31. The summed E-state index contributed by atoms with van der Waals surface area (Å²) >= 11 is 0. The van der Waals surface area contributed by atoms with Gasteiger partial charge in [0.25, 0.3) is 0 Å². The minimum atomic E-state index is -0.0182. The van der Waals surface area contributed by atoms with Gasteiger partial charge in [-0.05, 0) is 19.8 Å². The quantitative estimate of drug-likeness (QED) is 0.837. The lowest BCUT2D eigenvalue weighted by atomic mass is 10.2. The van der Waals surface area contributed by atoms with Crippen molar-refractivity contribution in [2.75, 3.05) is 13.2 Å². The molecule has 1 aliphatic carbocycles. The van der Waals surface area contributed by atoms with Crippen molar-refractivity contribution in [1.82, 2.24) is 20.1 Å². The number of ether oxygens (including phenoxy) is 2. The normalized spacial score (nSPS) is 24.2. The molecule has 2 aromatic heterocycles. The van der Waals surface area contributed by atoms with E-state index in [1.165, 1.54) is 12.8 Å². The summed E-state index contributed by atoms with van der Waals surface area (Å²) < 4.78 is 19.2. The highest BCUT2D eigenvalue weighted by molar-refractivity contribution is 5.13. The SMILES string of the molecule is CCn1cc(O[C@@H]2COC[C@@H]2NCc2cnc(C3CC3)o2)cn1. The predicted molar refractivity (Wildman–Crippen MR) is 82.2 cm³/mol. The molecular weight excluding hydrogens is 296 g/mol. The molecule has 2 atom stereocenters. The molecule has 0 bridgehead atoms. The lowest BCUT2D eigenvalue weighted by Gasteiger charge is -2.19. The molecule has 0 unspecified atom stereocenters. The molecule has 1 N–H and O–H groups in total. The van der Waals surface area contributed by atoms with Crippen molar-refractivity contribution < 1.29 is 13.9 Å². The molecule has 0 amide bonds. The third-order valence-electron chi connectivity index (χ3n) is 4.29. The maximum absolute atomic E-state index is 6.00. The van der Waals surface area contributed by atoms with Crippen molar-refractivity contribution in [2.45, 2.75) is 50.9 Å². The first-order chi connectivity index (χ1) is 11.3. The van der Waals surface area contributed by atoms with Gasteiger partial charge in [0.15, 0.2) is 11.6 Å². The van der Waals surface area contributed by atoms with Crippen molar-refractivity contribution in [3.8, 4) is 5.75 Å². The van der Waals surface area contributed by atoms with Gasteiger partial charge in [0.2, 0.25) is 0 Å². The average Bonchev–Trinajstić information content (AvgIpc) is 2.99. The average molecular weight is 318 g/mol. The molecule has 0 radical (unpaired) electrons. The second-order valence-corrected chi connectivity index (χ2v) is 6.15. The molecule has 4 rings (SSSR count). The van der Waals surface area contributed by atoms with Gasteiger partial charge in [0.1, 0.15) is 11.9 Å². The molecule has 0 aromatic carbocycles. The first-order valence-corrected chi connectivity index (χ1v) is 8.26. The molecule has 23 heavy (non-hydrogen) atoms. The molecule has 2 aromatic rings. The van der Waals surface area contributed by atoms with Crippen LogP contribution in [-0.4, -0.2) is 40.1 Å². The van der Waals surface area contributed by atoms with Crippen LogP contribution in [0.25, 0.3) is 0 Å². The minimum absolute atomic E-state index is 0.0182. The smallest absolute Gasteiger partial charge is 0.197 e. The summed E-state index contributed by atoms with van der Waals surface area (Å²) in [6, 6.07) is 0.134. The molecule has 1 saturated heterocycles. The maximum atomic E-state index is 6.00. The Hall–Kier alpha value is -1.86. The highest BCUT2D eigenvalue weighted by Crippen LogP contribution is 2.39. The Kier molecular flexibility index (Phi) is 4.05. The van der Waals surface area contributed by atoms with Gasteiger partial charge < -0.3 is 19.2 Å². The zero-order chi connectivity index (χ0) is 15.6. The van der Waals surface area contributed by atoms with Crippen LogP contribution in [0.1, 0.15) is 37.3 Å². The summed E-state index contributed by atoms with van der Waals surface area (Å²) in [4.78, 5) is 4.34. The van der Waals surface area contributed by atoms with E-state index in [4.69, 9.17) is 13.9 Å². The van der Waals surface area contributed by atoms with E-state index in [0.29, 0.717) is 25.7 Å². The topological polar surface area (TPSA) is 74.3 Å². The fourth-order valence-electron chi connectivity index (χ4n) is 2.75. The number of hydrogen-bond donors (Lipinski definition) is 1. The van der Waals surface area contributed by atoms with Crippen LogP contribution >= 0.6 is 0 Å². The van der Waals surface area contributed by atoms with Crippen LogP contribution in [0.2, 0.25) is 0 Å². The summed E-state index contributed by atoms with van der Waals surface area (Å²) in [5.41, 5.74) is 0. The van der Waals surface area contributed by atoms with Crippen LogP contribution in [-0.2, 0) is 17.8 Å². The molecule has 124 valence electrons. The summed E-state index contributed by atoms with van der Waals surface area (Å²) in [6.45, 7) is 4.74. The molecule has 0 spiro atoms. The van der Waals surface area contributed by atoms with Crippen molar-refractivity contribution in [3.63, 3.8) is 0 Å². The van der Waals surface area contributed by atoms with Gasteiger partial charge in [-0.1, -0.05) is 0 Å². The number of oxazole rings is 1. The zero-order valence-corrected chi connectivity index (χ0v) is 13.3. The van der Waals surface area contributed by atoms with Crippen LogP contribution in [0.3, 0.4) is 0 Å². The fourth-order valence-corrected chi connectivity index (χ4v) is 2.75. The summed E-state index contributed by atoms with van der Waals surface area (Å²) in [5, 5.41) is 7.68. The minimum Gasteiger partial charge on any atom is -0.483 e. The predicted octanol–water partition coefficient (Wildman–Crippen LogP) is 1.70. The lowest BCUT2D eigenvalue weighted by molar-refractivity contribution is 0.139. The van der Waals surface area contributed by atoms with E-state index in [-0.39, 0.29) is 12.1 Å². The Labute approximate surface area is 135 Å². The summed E-state index contributed by atoms with van der Waals surface area (Å²) in [6.07, 6.45) is 7.86. The largest absolute Gasteiger partial charge is 0.483 e. The Morgan fingerprint density at radius 2 is 2.26 bits per heavy atom. The van der Waals surface area contributed by atoms with Crippen molar-refractivity contribution in [2.24, 2.45) is 0 Å². The monoisotopic (exact) mass is 318 g/mol. The highest BCUT2D eigenvalue weighted by atomic mass is 16.5. The van der Waals surface area contributed by atoms with Gasteiger partial charge in [-0.2, -0.15) is 5.10 Å². The second kappa shape index (κ2) is 6.33. The van der Waals surface area contributed by atoms with Crippen LogP contribution < -0.4 is 10.1 Å². The first-order valence-electron chi connectivity index (χ1n) is 8.26. The van der Waals surface area contributed by atoms with Crippen LogP contribution in [0.5, 0.6) is 5.75 Å². The third-order valence-corrected chi connectivity index (χ3v) is 4.29. The number of nitrogens with zero attached hydrogens (tertiary/aromatic N) is 3. The van der Waals surface area contributed by atoms with Gasteiger partial charge >= 0.3 is 0 Å². The molecular formula is C16H22N4O3. The van der Waals surface area contributed by atoms with Crippen molar-refractivity contribution >= 4 is 0 Å². The van der Waals surface area contributed by atoms with Gasteiger partial charge in [-0.25, -0.2) is 4.98 Å². The number of aromatic nitrogens is 3. The second-order valence-electron chi connectivity index (χ2n) is 6.15. The molecule has 1 aliphatic heterocycles. The Morgan fingerprint density at radius 3 is 3.04 bits per heavy atom. The van der Waals surface area contributed by atoms with E-state index >= 15 is 0 Å². The summed E-state index contributed by atoms with van der Waals surface area (Å²) in [5.74, 6) is 3.08. The standard InChI is InChI=1S/C16H22N4O3/c1-2-20-8-13(7-19-20)22-15-10-21-9-14(15)17-5-12-6-18-16(23-12)11-3-4-11/h6-8,11,14-15,17H,2-5,9-10H2,1H3/t14-,15+/m0/s1. The molecule has 3 heterocycles. The van der Waals surface area contributed by atoms with Crippen molar-refractivity contribution in [3.05, 3.63) is 30.2 Å². The number of hydrogen-bond acceptors (Lipinski definition) is 6. The van der Waals surface area contributed by atoms with Gasteiger partial charge in [0, 0.05) is 12.5 Å². The van der Waals surface area contributed by atoms with E-state index in [9.17, 15) is 0 Å². The van der Waals surface area contributed by atoms with Crippen molar-refractivity contribution in [1.29, 1.82) is 0 Å². The Morgan fingerprint density at radius 1 is 1.35 bits per heavy atom. The number of aryl methyl sites for hydroxylation is 1. The Bertz CT molecular complexity index is 649. The maximum Gasteiger partial charge on any atom is 0.197 e. The van der Waals surface area contributed by atoms with Gasteiger partial charge in [-0.15, -0.1) is 0 Å². The molecule has 7 heteroatoms. The third kappa shape index (κ3) is 3.40. The van der Waals surface area contributed by atoms with Crippen LogP contribution in [0.15, 0.2) is 23.0 Å². The molecule has 1 saturated carbocycles. The van der Waals surface area contributed by atoms with E-state index in [1.54, 1.807) is 6.20 Å². The lowest BCUT2D eigenvalue weighted by Crippen LogP contribution is -2.41. The number of nitrogens with one attached hydrogen (secondary N) is 1. The summed E-state index contributed by atoms with van der Waals surface area (Å²) in [7, 11) is 0. The zero-order valence-electron chi connectivity index (χ0n) is 13.3. The van der Waals surface area contributed by atoms with Gasteiger partial charge in [-0.3, -0.25) is 4.68 Å². The van der Waals surface area contributed by atoms with E-state index < -0.39 is 0 Å². The molecule has 2 aliphatic rings. The molecule has 7 nitrogen and oxygen atoms in total. The van der Waals surface area contributed by atoms with Gasteiger partial charge in [0.05, 0.1) is 44.4 Å².